The Kier molecular flexibility index (Phi) is 5.43. The van der Waals surface area contributed by atoms with Crippen molar-refractivity contribution in [2.45, 2.75) is 20.1 Å². The number of pyridine rings is 1. The molecular weight excluding hydrogens is 347 g/mol. The molecule has 136 valence electrons. The van der Waals surface area contributed by atoms with Crippen LogP contribution in [0.5, 0.6) is 0 Å². The number of fused-ring (bicyclic) bond motifs is 1. The van der Waals surface area contributed by atoms with E-state index in [9.17, 15) is 9.18 Å². The molecule has 0 fully saturated rings. The van der Waals surface area contributed by atoms with Gasteiger partial charge in [-0.1, -0.05) is 18.2 Å². The zero-order chi connectivity index (χ0) is 19.4. The van der Waals surface area contributed by atoms with Gasteiger partial charge in [-0.05, 0) is 36.8 Å². The maximum absolute atomic E-state index is 13.9. The van der Waals surface area contributed by atoms with Crippen molar-refractivity contribution in [2.75, 3.05) is 7.11 Å². The summed E-state index contributed by atoms with van der Waals surface area (Å²) in [5.41, 5.74) is 2.70. The van der Waals surface area contributed by atoms with Crippen LogP contribution < -0.4 is 0 Å². The third kappa shape index (κ3) is 3.78. The lowest BCUT2D eigenvalue weighted by atomic mass is 10.0. The quantitative estimate of drug-likeness (QED) is 0.639. The predicted molar refractivity (Wildman–Crippen MR) is 97.4 cm³/mol. The molecular formula is C21H17FN2O3. The maximum Gasteiger partial charge on any atom is 0.340 e. The van der Waals surface area contributed by atoms with E-state index in [4.69, 9.17) is 14.7 Å². The third-order valence-electron chi connectivity index (χ3n) is 4.25. The van der Waals surface area contributed by atoms with Gasteiger partial charge in [0.1, 0.15) is 12.4 Å². The zero-order valence-electron chi connectivity index (χ0n) is 15.0. The third-order valence-corrected chi connectivity index (χ3v) is 4.25. The first-order valence-electron chi connectivity index (χ1n) is 8.28. The normalized spacial score (nSPS) is 10.6. The number of nitrogens with zero attached hydrogens (tertiary/aromatic N) is 2. The van der Waals surface area contributed by atoms with Gasteiger partial charge in [-0.15, -0.1) is 0 Å². The Morgan fingerprint density at radius 1 is 1.22 bits per heavy atom. The predicted octanol–water partition coefficient (Wildman–Crippen LogP) is 4.06. The number of carbonyl (C=O) groups is 1. The molecule has 0 N–H and O–H groups in total. The fourth-order valence-corrected chi connectivity index (χ4v) is 2.92. The average Bonchev–Trinajstić information content (AvgIpc) is 2.67. The van der Waals surface area contributed by atoms with Crippen LogP contribution >= 0.6 is 0 Å². The number of hydrogen-bond acceptors (Lipinski definition) is 5. The fourth-order valence-electron chi connectivity index (χ4n) is 2.92. The van der Waals surface area contributed by atoms with Gasteiger partial charge in [0.05, 0.1) is 35.0 Å². The molecule has 5 nitrogen and oxygen atoms in total. The van der Waals surface area contributed by atoms with Gasteiger partial charge in [0, 0.05) is 18.1 Å². The molecule has 1 aromatic heterocycles. The Morgan fingerprint density at radius 3 is 2.74 bits per heavy atom. The van der Waals surface area contributed by atoms with Crippen LogP contribution in [0.1, 0.15) is 32.7 Å². The lowest BCUT2D eigenvalue weighted by Crippen LogP contribution is -2.13. The first-order valence-corrected chi connectivity index (χ1v) is 8.28. The van der Waals surface area contributed by atoms with Crippen molar-refractivity contribution in [3.05, 3.63) is 76.2 Å². The summed E-state index contributed by atoms with van der Waals surface area (Å²) in [5.74, 6) is -1.15. The first-order chi connectivity index (χ1) is 13.0. The van der Waals surface area contributed by atoms with Crippen molar-refractivity contribution >= 4 is 16.9 Å². The van der Waals surface area contributed by atoms with Crippen molar-refractivity contribution in [3.8, 4) is 6.07 Å². The van der Waals surface area contributed by atoms with E-state index in [0.29, 0.717) is 16.8 Å². The smallest absolute Gasteiger partial charge is 0.340 e. The van der Waals surface area contributed by atoms with E-state index in [2.05, 4.69) is 4.98 Å². The zero-order valence-corrected chi connectivity index (χ0v) is 15.0. The molecule has 0 aliphatic heterocycles. The highest BCUT2D eigenvalue weighted by molar-refractivity contribution is 5.98. The lowest BCUT2D eigenvalue weighted by molar-refractivity contribution is 0.0462. The summed E-state index contributed by atoms with van der Waals surface area (Å²) in [4.78, 5) is 17.2. The van der Waals surface area contributed by atoms with Crippen LogP contribution in [-0.4, -0.2) is 18.1 Å². The molecule has 0 saturated heterocycles. The van der Waals surface area contributed by atoms with Gasteiger partial charge < -0.3 is 9.47 Å². The minimum Gasteiger partial charge on any atom is -0.457 e. The van der Waals surface area contributed by atoms with E-state index in [1.807, 2.05) is 37.3 Å². The Morgan fingerprint density at radius 2 is 2.00 bits per heavy atom. The number of halogens is 1. The van der Waals surface area contributed by atoms with E-state index in [0.717, 1.165) is 16.5 Å². The number of nitriles is 1. The molecule has 0 amide bonds. The highest BCUT2D eigenvalue weighted by Gasteiger charge is 2.20. The van der Waals surface area contributed by atoms with Gasteiger partial charge in [-0.3, -0.25) is 0 Å². The second-order valence-corrected chi connectivity index (χ2v) is 6.00. The molecule has 6 heteroatoms. The molecule has 0 atom stereocenters. The monoisotopic (exact) mass is 364 g/mol. The van der Waals surface area contributed by atoms with E-state index < -0.39 is 11.8 Å². The van der Waals surface area contributed by atoms with Gasteiger partial charge >= 0.3 is 5.97 Å². The topological polar surface area (TPSA) is 72.2 Å². The van der Waals surface area contributed by atoms with Crippen LogP contribution in [0.15, 0.2) is 42.5 Å². The summed E-state index contributed by atoms with van der Waals surface area (Å²) in [6, 6.07) is 13.3. The van der Waals surface area contributed by atoms with Crippen molar-refractivity contribution < 1.29 is 18.7 Å². The highest BCUT2D eigenvalue weighted by atomic mass is 19.1. The van der Waals surface area contributed by atoms with Crippen molar-refractivity contribution in [1.29, 1.82) is 5.26 Å². The standard InChI is InChI=1S/C21H17FN2O3/c1-13-16-5-3-4-6-18(16)24-19(12-26-2)20(13)21(25)27-11-15-9-14(10-23)7-8-17(15)22/h3-9H,11-12H2,1-2H3. The van der Waals surface area contributed by atoms with Gasteiger partial charge in [-0.25, -0.2) is 14.2 Å². The summed E-state index contributed by atoms with van der Waals surface area (Å²) in [7, 11) is 1.52. The van der Waals surface area contributed by atoms with E-state index >= 15 is 0 Å². The number of benzene rings is 2. The fraction of sp³-hybridized carbons (Fsp3) is 0.190. The molecule has 0 radical (unpaired) electrons. The molecule has 0 unspecified atom stereocenters. The molecule has 3 rings (SSSR count). The number of carbonyl (C=O) groups excluding carboxylic acids is 1. The van der Waals surface area contributed by atoms with Crippen LogP contribution in [-0.2, 0) is 22.7 Å². The summed E-state index contributed by atoms with van der Waals surface area (Å²) >= 11 is 0. The van der Waals surface area contributed by atoms with Gasteiger partial charge in [0.25, 0.3) is 0 Å². The Hall–Kier alpha value is -3.30. The number of rotatable bonds is 5. The minimum atomic E-state index is -0.612. The van der Waals surface area contributed by atoms with Crippen molar-refractivity contribution in [3.63, 3.8) is 0 Å². The highest BCUT2D eigenvalue weighted by Crippen LogP contribution is 2.24. The molecule has 0 aliphatic rings. The minimum absolute atomic E-state index is 0.141. The van der Waals surface area contributed by atoms with Crippen LogP contribution in [0.25, 0.3) is 10.9 Å². The number of aryl methyl sites for hydroxylation is 1. The molecule has 0 bridgehead atoms. The number of ether oxygens (including phenoxy) is 2. The molecule has 1 heterocycles. The Balaban J connectivity index is 1.94. The second-order valence-electron chi connectivity index (χ2n) is 6.00. The van der Waals surface area contributed by atoms with E-state index in [1.54, 1.807) is 0 Å². The molecule has 0 aliphatic carbocycles. The number of aromatic nitrogens is 1. The van der Waals surface area contributed by atoms with Crippen LogP contribution in [0.3, 0.4) is 0 Å². The molecule has 2 aromatic carbocycles. The van der Waals surface area contributed by atoms with Crippen LogP contribution in [0, 0.1) is 24.1 Å². The van der Waals surface area contributed by atoms with E-state index in [1.165, 1.54) is 25.3 Å². The summed E-state index contributed by atoms with van der Waals surface area (Å²) in [6.45, 7) is 1.68. The number of esters is 1. The largest absolute Gasteiger partial charge is 0.457 e. The number of para-hydroxylation sites is 1. The Bertz CT molecular complexity index is 1060. The summed E-state index contributed by atoms with van der Waals surface area (Å²) in [6.07, 6.45) is 0. The average molecular weight is 364 g/mol. The molecule has 3 aromatic rings. The Labute approximate surface area is 156 Å². The van der Waals surface area contributed by atoms with Crippen LogP contribution in [0.2, 0.25) is 0 Å². The van der Waals surface area contributed by atoms with Gasteiger partial charge in [-0.2, -0.15) is 5.26 Å². The SMILES string of the molecule is COCc1nc2ccccc2c(C)c1C(=O)OCc1cc(C#N)ccc1F. The number of methoxy groups -OCH3 is 1. The van der Waals surface area contributed by atoms with Gasteiger partial charge in [0.2, 0.25) is 0 Å². The number of hydrogen-bond donors (Lipinski definition) is 0. The lowest BCUT2D eigenvalue weighted by Gasteiger charge is -2.14. The summed E-state index contributed by atoms with van der Waals surface area (Å²) < 4.78 is 24.4. The summed E-state index contributed by atoms with van der Waals surface area (Å²) in [5, 5.41) is 9.77. The van der Waals surface area contributed by atoms with E-state index in [-0.39, 0.29) is 18.8 Å². The molecule has 27 heavy (non-hydrogen) atoms. The second kappa shape index (κ2) is 7.94. The van der Waals surface area contributed by atoms with Crippen molar-refractivity contribution in [2.24, 2.45) is 0 Å². The van der Waals surface area contributed by atoms with Gasteiger partial charge in [0.15, 0.2) is 0 Å². The maximum atomic E-state index is 13.9. The van der Waals surface area contributed by atoms with Crippen LogP contribution in [0.4, 0.5) is 4.39 Å². The van der Waals surface area contributed by atoms with Crippen molar-refractivity contribution in [1.82, 2.24) is 4.98 Å². The molecule has 0 saturated carbocycles. The first kappa shape index (κ1) is 18.5. The molecule has 0 spiro atoms.